The van der Waals surface area contributed by atoms with E-state index in [0.717, 1.165) is 24.3 Å². The Morgan fingerprint density at radius 2 is 1.26 bits per heavy atom. The van der Waals surface area contributed by atoms with Crippen molar-refractivity contribution < 1.29 is 94.1 Å². The van der Waals surface area contributed by atoms with E-state index < -0.39 is 144 Å². The van der Waals surface area contributed by atoms with E-state index in [-0.39, 0.29) is 11.1 Å². The highest BCUT2D eigenvalue weighted by molar-refractivity contribution is 5.88. The summed E-state index contributed by atoms with van der Waals surface area (Å²) < 4.78 is 40.1. The van der Waals surface area contributed by atoms with Crippen LogP contribution < -0.4 is 10.2 Å². The minimum absolute atomic E-state index is 0.0962. The van der Waals surface area contributed by atoms with Crippen LogP contribution >= 0.6 is 0 Å². The molecule has 53 heavy (non-hydrogen) atoms. The van der Waals surface area contributed by atoms with Gasteiger partial charge >= 0.3 is 0 Å². The molecule has 3 saturated heterocycles. The fraction of sp³-hybridized carbons (Fsp3) is 0.545. The Hall–Kier alpha value is -3.87. The van der Waals surface area contributed by atoms with Crippen LogP contribution in [0.2, 0.25) is 0 Å². The largest absolute Gasteiger partial charge is 0.508 e. The Morgan fingerprint density at radius 3 is 1.91 bits per heavy atom. The Balaban J connectivity index is 1.40. The monoisotopic (exact) mass is 756 g/mol. The number of aromatic hydroxyl groups is 4. The summed E-state index contributed by atoms with van der Waals surface area (Å²) in [5, 5.41) is 125. The molecule has 0 amide bonds. The van der Waals surface area contributed by atoms with Crippen molar-refractivity contribution in [1.82, 2.24) is 0 Å². The zero-order valence-corrected chi connectivity index (χ0v) is 27.9. The van der Waals surface area contributed by atoms with Crippen LogP contribution in [0.5, 0.6) is 28.7 Å². The smallest absolute Gasteiger partial charge is 0.239 e. The second kappa shape index (κ2) is 15.1. The summed E-state index contributed by atoms with van der Waals surface area (Å²) >= 11 is 0. The molecule has 0 radical (unpaired) electrons. The van der Waals surface area contributed by atoms with Gasteiger partial charge in [-0.1, -0.05) is 0 Å². The molecule has 292 valence electrons. The second-order valence-corrected chi connectivity index (χ2v) is 13.1. The lowest BCUT2D eigenvalue weighted by atomic mass is 9.97. The van der Waals surface area contributed by atoms with E-state index in [9.17, 15) is 66.1 Å². The highest BCUT2D eigenvalue weighted by Gasteiger charge is 2.52. The molecule has 0 aliphatic carbocycles. The molecule has 3 aliphatic heterocycles. The highest BCUT2D eigenvalue weighted by Crippen LogP contribution is 2.40. The van der Waals surface area contributed by atoms with Gasteiger partial charge in [0.05, 0.1) is 18.8 Å². The minimum Gasteiger partial charge on any atom is -0.508 e. The number of benzene rings is 2. The van der Waals surface area contributed by atoms with Gasteiger partial charge in [0.15, 0.2) is 35.9 Å². The molecule has 3 fully saturated rings. The third-order valence-corrected chi connectivity index (χ3v) is 9.37. The molecule has 12 N–H and O–H groups in total. The number of fused-ring (bicyclic) bond motifs is 1. The van der Waals surface area contributed by atoms with Gasteiger partial charge in [-0.3, -0.25) is 4.79 Å². The molecule has 0 bridgehead atoms. The molecule has 0 saturated carbocycles. The third kappa shape index (κ3) is 7.34. The van der Waals surface area contributed by atoms with E-state index in [4.69, 9.17) is 32.8 Å². The summed E-state index contributed by atoms with van der Waals surface area (Å²) in [6.07, 6.45) is -25.1. The van der Waals surface area contributed by atoms with Gasteiger partial charge in [0.25, 0.3) is 0 Å². The first-order valence-electron chi connectivity index (χ1n) is 16.4. The average Bonchev–Trinajstić information content (AvgIpc) is 3.11. The maximum Gasteiger partial charge on any atom is 0.239 e. The van der Waals surface area contributed by atoms with E-state index >= 15 is 0 Å². The Kier molecular flexibility index (Phi) is 11.1. The maximum atomic E-state index is 14.0. The van der Waals surface area contributed by atoms with Crippen molar-refractivity contribution >= 4 is 11.0 Å². The van der Waals surface area contributed by atoms with E-state index in [2.05, 4.69) is 0 Å². The molecule has 20 heteroatoms. The number of ether oxygens (including phenoxy) is 6. The molecule has 3 aromatic rings. The number of phenols is 4. The van der Waals surface area contributed by atoms with Crippen LogP contribution in [0, 0.1) is 0 Å². The van der Waals surface area contributed by atoms with Crippen molar-refractivity contribution in [3.63, 3.8) is 0 Å². The lowest BCUT2D eigenvalue weighted by molar-refractivity contribution is -0.360. The molecular formula is C33H40O20. The van der Waals surface area contributed by atoms with Gasteiger partial charge in [0.1, 0.15) is 77.4 Å². The molecule has 0 unspecified atom stereocenters. The average molecular weight is 757 g/mol. The van der Waals surface area contributed by atoms with Crippen molar-refractivity contribution in [2.75, 3.05) is 6.61 Å². The summed E-state index contributed by atoms with van der Waals surface area (Å²) in [5.74, 6) is -3.68. The maximum absolute atomic E-state index is 14.0. The second-order valence-electron chi connectivity index (χ2n) is 13.1. The number of rotatable bonds is 8. The van der Waals surface area contributed by atoms with Crippen molar-refractivity contribution in [2.45, 2.75) is 106 Å². The van der Waals surface area contributed by atoms with Crippen molar-refractivity contribution in [3.8, 4) is 40.1 Å². The van der Waals surface area contributed by atoms with Gasteiger partial charge < -0.3 is 94.1 Å². The van der Waals surface area contributed by atoms with Crippen LogP contribution in [-0.2, 0) is 23.7 Å². The fourth-order valence-electron chi connectivity index (χ4n) is 6.25. The standard InChI is InChI=1S/C33H40O20/c1-9-19(38)23(42)26(45)31(48-9)47-8-17-21(40)25(44)30(53-32-27(46)24(43)20(39)10(2)49-32)33(51-17)52-29-22(41)18-15(37)6-12(34)7-16(18)50-28(29)11-3-4-13(35)14(36)5-11/h3-7,9-10,17,19-21,23-27,30-40,42-46H,8H2,1-2H3/t9-,10-,17-,19-,20-,21+,23+,24+,25+,26+,27+,30-,31+,32-,33+/m1/s1. The lowest BCUT2D eigenvalue weighted by Crippen LogP contribution is -2.65. The van der Waals surface area contributed by atoms with Gasteiger partial charge in [-0.25, -0.2) is 0 Å². The van der Waals surface area contributed by atoms with Crippen molar-refractivity contribution in [2.24, 2.45) is 0 Å². The molecule has 20 nitrogen and oxygen atoms in total. The molecule has 0 spiro atoms. The first-order chi connectivity index (χ1) is 25.0. The summed E-state index contributed by atoms with van der Waals surface area (Å²) in [4.78, 5) is 14.0. The molecule has 15 atom stereocenters. The van der Waals surface area contributed by atoms with E-state index in [1.165, 1.54) is 19.9 Å². The number of phenolic OH excluding ortho intramolecular Hbond substituents is 4. The Labute approximate surface area is 298 Å². The SMILES string of the molecule is C[C@H]1O[C@H](OC[C@H]2O[C@@H](Oc3c(-c4ccc(O)c(O)c4)oc4cc(O)cc(O)c4c3=O)[C@H](O[C@H]3O[C@H](C)[C@@H](O)[C@H](O)[C@@H]3O)[C@@H](O)[C@H]2O)[C@@H](O)[C@@H](O)[C@@H]1O. The van der Waals surface area contributed by atoms with Crippen LogP contribution in [0.1, 0.15) is 13.8 Å². The number of aliphatic hydroxyl groups excluding tert-OH is 8. The summed E-state index contributed by atoms with van der Waals surface area (Å²) in [6, 6.07) is 5.09. The molecule has 4 heterocycles. The topological polar surface area (TPSA) is 328 Å². The highest BCUT2D eigenvalue weighted by atomic mass is 16.8. The van der Waals surface area contributed by atoms with E-state index in [0.29, 0.717) is 0 Å². The van der Waals surface area contributed by atoms with Crippen molar-refractivity contribution in [3.05, 3.63) is 40.6 Å². The van der Waals surface area contributed by atoms with Gasteiger partial charge in [-0.15, -0.1) is 0 Å². The summed E-state index contributed by atoms with van der Waals surface area (Å²) in [7, 11) is 0. The summed E-state index contributed by atoms with van der Waals surface area (Å²) in [5.41, 5.74) is -1.54. The third-order valence-electron chi connectivity index (χ3n) is 9.37. The number of hydrogen-bond acceptors (Lipinski definition) is 20. The predicted molar refractivity (Wildman–Crippen MR) is 171 cm³/mol. The molecule has 2 aromatic carbocycles. The van der Waals surface area contributed by atoms with Crippen molar-refractivity contribution in [1.29, 1.82) is 0 Å². The van der Waals surface area contributed by atoms with E-state index in [1.54, 1.807) is 0 Å². The van der Waals surface area contributed by atoms with Crippen LogP contribution in [-0.4, -0.2) is 160 Å². The molecule has 6 rings (SSSR count). The molecule has 1 aromatic heterocycles. The first kappa shape index (κ1) is 38.8. The van der Waals surface area contributed by atoms with Crippen LogP contribution in [0.3, 0.4) is 0 Å². The fourth-order valence-corrected chi connectivity index (χ4v) is 6.25. The van der Waals surface area contributed by atoms with Crippen LogP contribution in [0.15, 0.2) is 39.5 Å². The number of hydrogen-bond donors (Lipinski definition) is 12. The van der Waals surface area contributed by atoms with Crippen LogP contribution in [0.4, 0.5) is 0 Å². The summed E-state index contributed by atoms with van der Waals surface area (Å²) in [6.45, 7) is 2.05. The normalized spacial score (nSPS) is 37.8. The molecule has 3 aliphatic rings. The van der Waals surface area contributed by atoms with E-state index in [1.807, 2.05) is 0 Å². The van der Waals surface area contributed by atoms with Gasteiger partial charge in [-0.2, -0.15) is 0 Å². The zero-order chi connectivity index (χ0) is 38.6. The van der Waals surface area contributed by atoms with Gasteiger partial charge in [0, 0.05) is 17.7 Å². The van der Waals surface area contributed by atoms with Gasteiger partial charge in [0.2, 0.25) is 17.5 Å². The quantitative estimate of drug-likeness (QED) is 0.103. The predicted octanol–water partition coefficient (Wildman–Crippen LogP) is -2.84. The zero-order valence-electron chi connectivity index (χ0n) is 27.9. The Bertz CT molecular complexity index is 1830. The Morgan fingerprint density at radius 1 is 0.642 bits per heavy atom. The van der Waals surface area contributed by atoms with Gasteiger partial charge in [-0.05, 0) is 32.0 Å². The lowest BCUT2D eigenvalue weighted by Gasteiger charge is -2.46. The van der Waals surface area contributed by atoms with Crippen LogP contribution in [0.25, 0.3) is 22.3 Å². The number of aliphatic hydroxyl groups is 8. The first-order valence-corrected chi connectivity index (χ1v) is 16.4. The minimum atomic E-state index is -2.04. The molecular weight excluding hydrogens is 716 g/mol.